The molecule has 0 aliphatic carbocycles. The predicted molar refractivity (Wildman–Crippen MR) is 60.6 cm³/mol. The summed E-state index contributed by atoms with van der Waals surface area (Å²) in [6.07, 6.45) is 2.92. The second kappa shape index (κ2) is 8.41. The third kappa shape index (κ3) is 7.08. The molecule has 0 radical (unpaired) electrons. The summed E-state index contributed by atoms with van der Waals surface area (Å²) in [5.74, 6) is 0.514. The van der Waals surface area contributed by atoms with E-state index in [0.717, 1.165) is 12.7 Å². The molecule has 15 heavy (non-hydrogen) atoms. The van der Waals surface area contributed by atoms with Crippen molar-refractivity contribution in [3.63, 3.8) is 0 Å². The van der Waals surface area contributed by atoms with Crippen LogP contribution in [-0.4, -0.2) is 31.8 Å². The van der Waals surface area contributed by atoms with Crippen LogP contribution >= 0.6 is 0 Å². The minimum Gasteiger partial charge on any atom is -0.355 e. The highest BCUT2D eigenvalue weighted by Gasteiger charge is 2.16. The molecule has 4 nitrogen and oxygen atoms in total. The third-order valence-electron chi connectivity index (χ3n) is 2.17. The molecule has 0 aromatic carbocycles. The minimum atomic E-state index is -0.124. The average molecular weight is 214 g/mol. The van der Waals surface area contributed by atoms with Crippen LogP contribution in [0.2, 0.25) is 0 Å². The lowest BCUT2D eigenvalue weighted by Gasteiger charge is -2.17. The SMILES string of the molecule is CN[C@@H](CC(C)C)C(=O)NCCCC=O. The number of carbonyl (C=O) groups is 2. The second-order valence-corrected chi connectivity index (χ2v) is 4.07. The van der Waals surface area contributed by atoms with E-state index in [1.807, 2.05) is 0 Å². The van der Waals surface area contributed by atoms with Crippen molar-refractivity contribution in [3.8, 4) is 0 Å². The normalized spacial score (nSPS) is 12.5. The molecule has 0 aromatic heterocycles. The Bertz CT molecular complexity index is 193. The van der Waals surface area contributed by atoms with Crippen LogP contribution in [0.4, 0.5) is 0 Å². The van der Waals surface area contributed by atoms with Crippen LogP contribution < -0.4 is 10.6 Å². The second-order valence-electron chi connectivity index (χ2n) is 4.07. The molecule has 0 spiro atoms. The van der Waals surface area contributed by atoms with Gasteiger partial charge in [0.2, 0.25) is 5.91 Å². The Hall–Kier alpha value is -0.900. The van der Waals surface area contributed by atoms with Gasteiger partial charge in [0.05, 0.1) is 6.04 Å². The van der Waals surface area contributed by atoms with E-state index in [4.69, 9.17) is 0 Å². The topological polar surface area (TPSA) is 58.2 Å². The highest BCUT2D eigenvalue weighted by atomic mass is 16.2. The summed E-state index contributed by atoms with van der Waals surface area (Å²) in [4.78, 5) is 21.7. The van der Waals surface area contributed by atoms with Crippen LogP contribution in [0.3, 0.4) is 0 Å². The van der Waals surface area contributed by atoms with Crippen molar-refractivity contribution >= 4 is 12.2 Å². The number of amides is 1. The third-order valence-corrected chi connectivity index (χ3v) is 2.17. The van der Waals surface area contributed by atoms with Crippen molar-refractivity contribution in [3.05, 3.63) is 0 Å². The molecular formula is C11H22N2O2. The maximum atomic E-state index is 11.6. The summed E-state index contributed by atoms with van der Waals surface area (Å²) in [5, 5.41) is 5.81. The zero-order valence-electron chi connectivity index (χ0n) is 9.88. The fraction of sp³-hybridized carbons (Fsp3) is 0.818. The number of aldehydes is 1. The Morgan fingerprint density at radius 3 is 2.53 bits per heavy atom. The van der Waals surface area contributed by atoms with Gasteiger partial charge in [0, 0.05) is 13.0 Å². The van der Waals surface area contributed by atoms with Gasteiger partial charge in [-0.05, 0) is 25.8 Å². The quantitative estimate of drug-likeness (QED) is 0.462. The zero-order valence-corrected chi connectivity index (χ0v) is 9.88. The number of hydrogen-bond acceptors (Lipinski definition) is 3. The Labute approximate surface area is 91.8 Å². The minimum absolute atomic E-state index is 0.0251. The van der Waals surface area contributed by atoms with Gasteiger partial charge in [0.15, 0.2) is 0 Å². The van der Waals surface area contributed by atoms with Crippen LogP contribution in [0, 0.1) is 5.92 Å². The standard InChI is InChI=1S/C11H22N2O2/c1-9(2)8-10(12-3)11(15)13-6-4-5-7-14/h7,9-10,12H,4-6,8H2,1-3H3,(H,13,15)/t10-/m0/s1. The molecule has 4 heteroatoms. The van der Waals surface area contributed by atoms with E-state index in [-0.39, 0.29) is 11.9 Å². The number of rotatable bonds is 8. The van der Waals surface area contributed by atoms with E-state index >= 15 is 0 Å². The molecule has 0 rings (SSSR count). The number of unbranched alkanes of at least 4 members (excludes halogenated alkanes) is 1. The molecular weight excluding hydrogens is 192 g/mol. The first-order valence-corrected chi connectivity index (χ1v) is 5.50. The molecule has 0 aromatic rings. The molecule has 88 valence electrons. The van der Waals surface area contributed by atoms with Crippen LogP contribution in [0.15, 0.2) is 0 Å². The van der Waals surface area contributed by atoms with Gasteiger partial charge in [-0.2, -0.15) is 0 Å². The lowest BCUT2D eigenvalue weighted by atomic mass is 10.0. The van der Waals surface area contributed by atoms with Crippen LogP contribution in [-0.2, 0) is 9.59 Å². The largest absolute Gasteiger partial charge is 0.355 e. The van der Waals surface area contributed by atoms with Gasteiger partial charge >= 0.3 is 0 Å². The lowest BCUT2D eigenvalue weighted by molar-refractivity contribution is -0.123. The van der Waals surface area contributed by atoms with Crippen molar-refractivity contribution in [2.75, 3.05) is 13.6 Å². The Morgan fingerprint density at radius 2 is 2.07 bits per heavy atom. The summed E-state index contributed by atoms with van der Waals surface area (Å²) in [7, 11) is 1.79. The Balaban J connectivity index is 3.78. The fourth-order valence-electron chi connectivity index (χ4n) is 1.35. The van der Waals surface area contributed by atoms with E-state index in [0.29, 0.717) is 25.3 Å². The van der Waals surface area contributed by atoms with Crippen molar-refractivity contribution in [2.24, 2.45) is 5.92 Å². The first kappa shape index (κ1) is 14.1. The highest BCUT2D eigenvalue weighted by molar-refractivity contribution is 5.81. The van der Waals surface area contributed by atoms with Gasteiger partial charge in [0.1, 0.15) is 6.29 Å². The summed E-state index contributed by atoms with van der Waals surface area (Å²) in [5.41, 5.74) is 0. The van der Waals surface area contributed by atoms with Gasteiger partial charge in [-0.25, -0.2) is 0 Å². The molecule has 0 bridgehead atoms. The first-order valence-electron chi connectivity index (χ1n) is 5.50. The Morgan fingerprint density at radius 1 is 1.40 bits per heavy atom. The van der Waals surface area contributed by atoms with Gasteiger partial charge in [-0.1, -0.05) is 13.8 Å². The van der Waals surface area contributed by atoms with Gasteiger partial charge in [0.25, 0.3) is 0 Å². The summed E-state index contributed by atoms with van der Waals surface area (Å²) >= 11 is 0. The molecule has 0 fully saturated rings. The van der Waals surface area contributed by atoms with Gasteiger partial charge < -0.3 is 15.4 Å². The number of nitrogens with one attached hydrogen (secondary N) is 2. The van der Waals surface area contributed by atoms with E-state index in [9.17, 15) is 9.59 Å². The zero-order chi connectivity index (χ0) is 11.7. The number of likely N-dealkylation sites (N-methyl/N-ethyl adjacent to an activating group) is 1. The summed E-state index contributed by atoms with van der Waals surface area (Å²) in [6.45, 7) is 4.75. The molecule has 0 unspecified atom stereocenters. The maximum absolute atomic E-state index is 11.6. The van der Waals surface area contributed by atoms with Crippen molar-refractivity contribution < 1.29 is 9.59 Å². The molecule has 0 heterocycles. The maximum Gasteiger partial charge on any atom is 0.237 e. The molecule has 2 N–H and O–H groups in total. The summed E-state index contributed by atoms with van der Waals surface area (Å²) < 4.78 is 0. The number of hydrogen-bond donors (Lipinski definition) is 2. The summed E-state index contributed by atoms with van der Waals surface area (Å²) in [6, 6.07) is -0.124. The smallest absolute Gasteiger partial charge is 0.237 e. The molecule has 0 aliphatic rings. The molecule has 0 saturated carbocycles. The monoisotopic (exact) mass is 214 g/mol. The van der Waals surface area contributed by atoms with E-state index < -0.39 is 0 Å². The van der Waals surface area contributed by atoms with Crippen molar-refractivity contribution in [1.82, 2.24) is 10.6 Å². The van der Waals surface area contributed by atoms with Crippen LogP contribution in [0.5, 0.6) is 0 Å². The number of carbonyl (C=O) groups excluding carboxylic acids is 2. The van der Waals surface area contributed by atoms with Gasteiger partial charge in [-0.3, -0.25) is 4.79 Å². The predicted octanol–water partition coefficient (Wildman–Crippen LogP) is 0.716. The average Bonchev–Trinajstić information content (AvgIpc) is 2.20. The first-order chi connectivity index (χ1) is 7.11. The fourth-order valence-corrected chi connectivity index (χ4v) is 1.35. The van der Waals surface area contributed by atoms with E-state index in [1.54, 1.807) is 7.05 Å². The van der Waals surface area contributed by atoms with Crippen molar-refractivity contribution in [2.45, 2.75) is 39.2 Å². The van der Waals surface area contributed by atoms with Crippen LogP contribution in [0.25, 0.3) is 0 Å². The highest BCUT2D eigenvalue weighted by Crippen LogP contribution is 2.04. The molecule has 0 aliphatic heterocycles. The Kier molecular flexibility index (Phi) is 7.91. The van der Waals surface area contributed by atoms with E-state index in [2.05, 4.69) is 24.5 Å². The molecule has 0 saturated heterocycles. The molecule has 1 atom stereocenters. The van der Waals surface area contributed by atoms with E-state index in [1.165, 1.54) is 0 Å². The lowest BCUT2D eigenvalue weighted by Crippen LogP contribution is -2.43. The van der Waals surface area contributed by atoms with Gasteiger partial charge in [-0.15, -0.1) is 0 Å². The molecule has 1 amide bonds. The van der Waals surface area contributed by atoms with Crippen molar-refractivity contribution in [1.29, 1.82) is 0 Å². The van der Waals surface area contributed by atoms with Crippen LogP contribution in [0.1, 0.15) is 33.1 Å².